The molecule has 3 nitrogen and oxygen atoms in total. The van der Waals surface area contributed by atoms with E-state index in [4.69, 9.17) is 0 Å². The van der Waals surface area contributed by atoms with Crippen LogP contribution in [0.4, 0.5) is 0 Å². The fraction of sp³-hybridized carbons (Fsp3) is 0.938. The van der Waals surface area contributed by atoms with Crippen molar-refractivity contribution in [1.82, 2.24) is 10.2 Å². The first kappa shape index (κ1) is 16.2. The van der Waals surface area contributed by atoms with Gasteiger partial charge in [-0.15, -0.1) is 0 Å². The number of unbranched alkanes of at least 4 members (excludes halogenated alkanes) is 1. The van der Waals surface area contributed by atoms with Crippen molar-refractivity contribution in [3.63, 3.8) is 0 Å². The highest BCUT2D eigenvalue weighted by molar-refractivity contribution is 7.99. The van der Waals surface area contributed by atoms with Gasteiger partial charge in [-0.3, -0.25) is 10.1 Å². The van der Waals surface area contributed by atoms with Crippen LogP contribution in [0.5, 0.6) is 0 Å². The summed E-state index contributed by atoms with van der Waals surface area (Å²) in [6.45, 7) is 4.41. The Morgan fingerprint density at radius 1 is 1.25 bits per heavy atom. The van der Waals surface area contributed by atoms with E-state index in [1.807, 2.05) is 11.8 Å². The van der Waals surface area contributed by atoms with Crippen LogP contribution in [0.25, 0.3) is 0 Å². The number of amides is 1. The first-order valence-electron chi connectivity index (χ1n) is 8.33. The maximum Gasteiger partial charge on any atom is 0.241 e. The molecule has 0 aromatic carbocycles. The second kappa shape index (κ2) is 7.69. The first-order chi connectivity index (χ1) is 9.72. The molecule has 2 aliphatic rings. The van der Waals surface area contributed by atoms with Crippen LogP contribution < -0.4 is 5.32 Å². The predicted molar refractivity (Wildman–Crippen MR) is 86.9 cm³/mol. The Balaban J connectivity index is 2.08. The number of hydrogen-bond donors (Lipinski definition) is 1. The van der Waals surface area contributed by atoms with Gasteiger partial charge < -0.3 is 4.90 Å². The maximum atomic E-state index is 12.8. The number of hydrogen-bond acceptors (Lipinski definition) is 3. The van der Waals surface area contributed by atoms with Gasteiger partial charge in [0.05, 0.1) is 12.2 Å². The van der Waals surface area contributed by atoms with Crippen LogP contribution in [0, 0.1) is 0 Å². The minimum Gasteiger partial charge on any atom is -0.322 e. The molecule has 0 aromatic heterocycles. The fourth-order valence-electron chi connectivity index (χ4n) is 3.72. The molecule has 1 aliphatic heterocycles. The second-order valence-electron chi connectivity index (χ2n) is 6.18. The van der Waals surface area contributed by atoms with Crippen molar-refractivity contribution in [1.29, 1.82) is 0 Å². The lowest BCUT2D eigenvalue weighted by Gasteiger charge is -2.33. The smallest absolute Gasteiger partial charge is 0.241 e. The standard InChI is InChI=1S/C16H30N2OS/c1-4-6-9-12-16(19)18(15(17-12)8-5-2)13-10-7-11-14(13)20-3/h12-15,17H,4-11H2,1-3H3. The highest BCUT2D eigenvalue weighted by atomic mass is 32.2. The summed E-state index contributed by atoms with van der Waals surface area (Å²) in [4.78, 5) is 15.0. The Kier molecular flexibility index (Phi) is 6.21. The van der Waals surface area contributed by atoms with Crippen molar-refractivity contribution < 1.29 is 4.79 Å². The van der Waals surface area contributed by atoms with E-state index in [0.717, 1.165) is 25.7 Å². The molecule has 4 heteroatoms. The summed E-state index contributed by atoms with van der Waals surface area (Å²) >= 11 is 1.95. The molecule has 2 rings (SSSR count). The van der Waals surface area contributed by atoms with Gasteiger partial charge in [-0.25, -0.2) is 0 Å². The van der Waals surface area contributed by atoms with E-state index in [0.29, 0.717) is 17.2 Å². The maximum absolute atomic E-state index is 12.8. The molecule has 0 bridgehead atoms. The Morgan fingerprint density at radius 2 is 2.05 bits per heavy atom. The zero-order valence-corrected chi connectivity index (χ0v) is 14.0. The van der Waals surface area contributed by atoms with Gasteiger partial charge in [-0.2, -0.15) is 11.8 Å². The third-order valence-electron chi connectivity index (χ3n) is 4.77. The minimum atomic E-state index is 0.0783. The van der Waals surface area contributed by atoms with Crippen LogP contribution in [-0.2, 0) is 4.79 Å². The molecule has 0 aromatic rings. The molecule has 1 N–H and O–H groups in total. The summed E-state index contributed by atoms with van der Waals surface area (Å²) < 4.78 is 0. The number of nitrogens with one attached hydrogen (secondary N) is 1. The monoisotopic (exact) mass is 298 g/mol. The summed E-state index contributed by atoms with van der Waals surface area (Å²) in [6, 6.07) is 0.544. The van der Waals surface area contributed by atoms with Crippen LogP contribution in [-0.4, -0.2) is 40.6 Å². The molecule has 1 heterocycles. The minimum absolute atomic E-state index is 0.0783. The Morgan fingerprint density at radius 3 is 2.70 bits per heavy atom. The van der Waals surface area contributed by atoms with E-state index < -0.39 is 0 Å². The van der Waals surface area contributed by atoms with Crippen molar-refractivity contribution >= 4 is 17.7 Å². The van der Waals surface area contributed by atoms with Crippen LogP contribution >= 0.6 is 11.8 Å². The van der Waals surface area contributed by atoms with Gasteiger partial charge >= 0.3 is 0 Å². The van der Waals surface area contributed by atoms with E-state index >= 15 is 0 Å². The van der Waals surface area contributed by atoms with Crippen molar-refractivity contribution in [3.8, 4) is 0 Å². The summed E-state index contributed by atoms with van der Waals surface area (Å²) in [5, 5.41) is 4.26. The van der Waals surface area contributed by atoms with Crippen LogP contribution in [0.1, 0.15) is 65.2 Å². The predicted octanol–water partition coefficient (Wildman–Crippen LogP) is 3.39. The summed E-state index contributed by atoms with van der Waals surface area (Å²) in [7, 11) is 0. The first-order valence-corrected chi connectivity index (χ1v) is 9.62. The van der Waals surface area contributed by atoms with Crippen molar-refractivity contribution in [2.45, 2.75) is 88.7 Å². The van der Waals surface area contributed by atoms with Crippen LogP contribution in [0.15, 0.2) is 0 Å². The Hall–Kier alpha value is -0.220. The van der Waals surface area contributed by atoms with Gasteiger partial charge in [0, 0.05) is 11.3 Å². The van der Waals surface area contributed by atoms with E-state index in [9.17, 15) is 4.79 Å². The van der Waals surface area contributed by atoms with Gasteiger partial charge in [0.2, 0.25) is 5.91 Å². The molecule has 4 unspecified atom stereocenters. The third-order valence-corrected chi connectivity index (χ3v) is 5.92. The number of nitrogens with zero attached hydrogens (tertiary/aromatic N) is 1. The van der Waals surface area contributed by atoms with Crippen molar-refractivity contribution in [2.75, 3.05) is 6.26 Å². The molecule has 0 radical (unpaired) electrons. The van der Waals surface area contributed by atoms with Gasteiger partial charge in [0.15, 0.2) is 0 Å². The lowest BCUT2D eigenvalue weighted by atomic mass is 10.1. The Labute approximate surface area is 128 Å². The van der Waals surface area contributed by atoms with Crippen molar-refractivity contribution in [2.24, 2.45) is 0 Å². The van der Waals surface area contributed by atoms with Crippen LogP contribution in [0.2, 0.25) is 0 Å². The fourth-order valence-corrected chi connectivity index (χ4v) is 4.71. The zero-order chi connectivity index (χ0) is 14.5. The molecule has 0 spiro atoms. The van der Waals surface area contributed by atoms with E-state index in [1.54, 1.807) is 0 Å². The SMILES string of the molecule is CCCCC1NC(CCC)N(C2CCCC2SC)C1=O. The molecule has 4 atom stereocenters. The van der Waals surface area contributed by atoms with Gasteiger partial charge in [-0.1, -0.05) is 39.5 Å². The molecule has 1 amide bonds. The molecule has 1 saturated heterocycles. The molecule has 2 fully saturated rings. The lowest BCUT2D eigenvalue weighted by Crippen LogP contribution is -2.47. The molecule has 1 aliphatic carbocycles. The number of carbonyl (C=O) groups is 1. The lowest BCUT2D eigenvalue weighted by molar-refractivity contribution is -0.132. The molecule has 1 saturated carbocycles. The number of carbonyl (C=O) groups excluding carboxylic acids is 1. The topological polar surface area (TPSA) is 32.3 Å². The quantitative estimate of drug-likeness (QED) is 0.782. The molecular formula is C16H30N2OS. The average Bonchev–Trinajstić information content (AvgIpc) is 3.01. The van der Waals surface area contributed by atoms with E-state index in [2.05, 4.69) is 30.3 Å². The third kappa shape index (κ3) is 3.33. The highest BCUT2D eigenvalue weighted by Gasteiger charge is 2.45. The van der Waals surface area contributed by atoms with E-state index in [1.165, 1.54) is 25.7 Å². The Bertz CT molecular complexity index is 324. The molecule has 20 heavy (non-hydrogen) atoms. The second-order valence-corrected chi connectivity index (χ2v) is 7.26. The molecule has 116 valence electrons. The number of thioether (sulfide) groups is 1. The summed E-state index contributed by atoms with van der Waals surface area (Å²) in [5.74, 6) is 0.378. The zero-order valence-electron chi connectivity index (χ0n) is 13.2. The number of rotatable bonds is 7. The largest absolute Gasteiger partial charge is 0.322 e. The van der Waals surface area contributed by atoms with Gasteiger partial charge in [0.25, 0.3) is 0 Å². The van der Waals surface area contributed by atoms with E-state index in [-0.39, 0.29) is 12.2 Å². The van der Waals surface area contributed by atoms with Gasteiger partial charge in [0.1, 0.15) is 0 Å². The average molecular weight is 298 g/mol. The normalized spacial score (nSPS) is 34.1. The molecular weight excluding hydrogens is 268 g/mol. The summed E-state index contributed by atoms with van der Waals surface area (Å²) in [6.07, 6.45) is 11.8. The highest BCUT2D eigenvalue weighted by Crippen LogP contribution is 2.35. The van der Waals surface area contributed by atoms with Crippen LogP contribution in [0.3, 0.4) is 0 Å². The van der Waals surface area contributed by atoms with Crippen molar-refractivity contribution in [3.05, 3.63) is 0 Å². The summed E-state index contributed by atoms with van der Waals surface area (Å²) in [5.41, 5.74) is 0. The van der Waals surface area contributed by atoms with Gasteiger partial charge in [-0.05, 0) is 31.9 Å².